The summed E-state index contributed by atoms with van der Waals surface area (Å²) < 4.78 is 81.6. The number of nitrogens with zero attached hydrogens (tertiary/aromatic N) is 2. The molecule has 38 heavy (non-hydrogen) atoms. The highest BCUT2D eigenvalue weighted by atomic mass is 32.2. The lowest BCUT2D eigenvalue weighted by Crippen LogP contribution is -2.33. The van der Waals surface area contributed by atoms with Crippen LogP contribution in [-0.4, -0.2) is 46.0 Å². The first-order valence-electron chi connectivity index (χ1n) is 11.8. The molecule has 0 radical (unpaired) electrons. The summed E-state index contributed by atoms with van der Waals surface area (Å²) in [5, 5.41) is 0. The van der Waals surface area contributed by atoms with Crippen molar-refractivity contribution < 1.29 is 39.7 Å². The molecule has 0 atom stereocenters. The zero-order chi connectivity index (χ0) is 27.9. The zero-order valence-electron chi connectivity index (χ0n) is 21.2. The first-order chi connectivity index (χ1) is 18.0. The minimum absolute atomic E-state index is 0.0745. The summed E-state index contributed by atoms with van der Waals surface area (Å²) in [6.07, 6.45) is -3.27. The molecule has 0 spiro atoms. The van der Waals surface area contributed by atoms with Crippen LogP contribution < -0.4 is 9.08 Å². The van der Waals surface area contributed by atoms with Crippen LogP contribution in [-0.2, 0) is 38.9 Å². The van der Waals surface area contributed by atoms with E-state index >= 15 is 0 Å². The fourth-order valence-electron chi connectivity index (χ4n) is 3.77. The van der Waals surface area contributed by atoms with Gasteiger partial charge in [-0.3, -0.25) is 4.79 Å². The van der Waals surface area contributed by atoms with Crippen molar-refractivity contribution in [2.24, 2.45) is 0 Å². The number of hydrogen-bond donors (Lipinski definition) is 0. The Bertz CT molecular complexity index is 1320. The summed E-state index contributed by atoms with van der Waals surface area (Å²) in [7, 11) is -3.28. The normalized spacial score (nSPS) is 11.8. The van der Waals surface area contributed by atoms with E-state index in [1.54, 1.807) is 24.3 Å². The Kier molecular flexibility index (Phi) is 9.45. The minimum atomic E-state index is -4.73. The number of furan rings is 1. The van der Waals surface area contributed by atoms with Crippen molar-refractivity contribution >= 4 is 21.7 Å². The van der Waals surface area contributed by atoms with Gasteiger partial charge in [-0.2, -0.15) is 21.6 Å². The Morgan fingerprint density at radius 2 is 1.74 bits per heavy atom. The number of rotatable bonds is 12. The predicted molar refractivity (Wildman–Crippen MR) is 134 cm³/mol. The molecule has 0 fully saturated rings. The summed E-state index contributed by atoms with van der Waals surface area (Å²) in [4.78, 5) is 15.5. The summed E-state index contributed by atoms with van der Waals surface area (Å²) in [6.45, 7) is 4.86. The van der Waals surface area contributed by atoms with Gasteiger partial charge in [0.05, 0.1) is 18.4 Å². The van der Waals surface area contributed by atoms with Crippen LogP contribution in [0.15, 0.2) is 70.2 Å². The standard InChI is InChI=1S/C26H29F3N2O6S/c1-4-30(5-2)21-12-11-19(16-31(25(32)18-35-3)17-22-9-7-13-36-22)24(15-21)37-38(33,34)23-10-6-8-20(14-23)26(27,28)29/h6-15H,4-5,16-18H2,1-3H3. The van der Waals surface area contributed by atoms with Crippen LogP contribution >= 0.6 is 0 Å². The number of hydrogen-bond acceptors (Lipinski definition) is 7. The number of anilines is 1. The van der Waals surface area contributed by atoms with E-state index in [1.165, 1.54) is 24.3 Å². The van der Waals surface area contributed by atoms with E-state index in [0.29, 0.717) is 36.2 Å². The number of carbonyl (C=O) groups excluding carboxylic acids is 1. The second-order valence-electron chi connectivity index (χ2n) is 8.29. The van der Waals surface area contributed by atoms with Gasteiger partial charge in [-0.1, -0.05) is 12.1 Å². The first kappa shape index (κ1) is 29.1. The van der Waals surface area contributed by atoms with E-state index < -0.39 is 26.8 Å². The van der Waals surface area contributed by atoms with Crippen LogP contribution in [0.5, 0.6) is 5.75 Å². The number of halogens is 3. The van der Waals surface area contributed by atoms with Crippen molar-refractivity contribution in [1.29, 1.82) is 0 Å². The van der Waals surface area contributed by atoms with Gasteiger partial charge in [0.1, 0.15) is 23.0 Å². The van der Waals surface area contributed by atoms with Gasteiger partial charge in [0.2, 0.25) is 5.91 Å². The summed E-state index contributed by atoms with van der Waals surface area (Å²) >= 11 is 0. The van der Waals surface area contributed by atoms with E-state index in [1.807, 2.05) is 18.7 Å². The lowest BCUT2D eigenvalue weighted by Gasteiger charge is -2.25. The smallest absolute Gasteiger partial charge is 0.416 e. The summed E-state index contributed by atoms with van der Waals surface area (Å²) in [5.41, 5.74) is -0.143. The molecule has 0 aliphatic heterocycles. The van der Waals surface area contributed by atoms with E-state index in [-0.39, 0.29) is 31.4 Å². The molecule has 1 aromatic heterocycles. The molecular weight excluding hydrogens is 525 g/mol. The molecule has 8 nitrogen and oxygen atoms in total. The van der Waals surface area contributed by atoms with Crippen LogP contribution in [0, 0.1) is 0 Å². The van der Waals surface area contributed by atoms with Gasteiger partial charge >= 0.3 is 16.3 Å². The third-order valence-electron chi connectivity index (χ3n) is 5.74. The topological polar surface area (TPSA) is 89.3 Å². The lowest BCUT2D eigenvalue weighted by atomic mass is 10.1. The van der Waals surface area contributed by atoms with Crippen LogP contribution in [0.2, 0.25) is 0 Å². The van der Waals surface area contributed by atoms with Gasteiger partial charge in [0.15, 0.2) is 0 Å². The maximum Gasteiger partial charge on any atom is 0.416 e. The van der Waals surface area contributed by atoms with Crippen LogP contribution in [0.25, 0.3) is 0 Å². The number of alkyl halides is 3. The highest BCUT2D eigenvalue weighted by Gasteiger charge is 2.32. The fourth-order valence-corrected chi connectivity index (χ4v) is 4.78. The second-order valence-corrected chi connectivity index (χ2v) is 9.84. The number of benzene rings is 2. The van der Waals surface area contributed by atoms with Gasteiger partial charge in [-0.15, -0.1) is 0 Å². The molecule has 12 heteroatoms. The van der Waals surface area contributed by atoms with Crippen molar-refractivity contribution in [3.05, 3.63) is 77.7 Å². The number of carbonyl (C=O) groups is 1. The van der Waals surface area contributed by atoms with Crippen molar-refractivity contribution in [3.63, 3.8) is 0 Å². The Balaban J connectivity index is 2.03. The van der Waals surface area contributed by atoms with Gasteiger partial charge in [0.25, 0.3) is 0 Å². The molecule has 1 heterocycles. The summed E-state index contributed by atoms with van der Waals surface area (Å²) in [5.74, 6) is -0.00171. The Hall–Kier alpha value is -3.51. The number of amides is 1. The SMILES string of the molecule is CCN(CC)c1ccc(CN(Cc2ccco2)C(=O)COC)c(OS(=O)(=O)c2cccc(C(F)(F)F)c2)c1. The van der Waals surface area contributed by atoms with Crippen molar-refractivity contribution in [2.75, 3.05) is 31.7 Å². The molecule has 1 amide bonds. The average Bonchev–Trinajstić information content (AvgIpc) is 3.38. The largest absolute Gasteiger partial charge is 0.467 e. The maximum atomic E-state index is 13.2. The molecule has 2 aromatic carbocycles. The molecular formula is C26H29F3N2O6S. The molecule has 206 valence electrons. The lowest BCUT2D eigenvalue weighted by molar-refractivity contribution is -0.138. The molecule has 0 saturated carbocycles. The third-order valence-corrected chi connectivity index (χ3v) is 6.97. The summed E-state index contributed by atoms with van der Waals surface area (Å²) in [6, 6.07) is 11.6. The highest BCUT2D eigenvalue weighted by Crippen LogP contribution is 2.33. The van der Waals surface area contributed by atoms with Crippen molar-refractivity contribution in [1.82, 2.24) is 4.90 Å². The molecule has 0 saturated heterocycles. The van der Waals surface area contributed by atoms with E-state index in [4.69, 9.17) is 13.3 Å². The molecule has 0 unspecified atom stereocenters. The zero-order valence-corrected chi connectivity index (χ0v) is 22.0. The van der Waals surface area contributed by atoms with E-state index in [9.17, 15) is 26.4 Å². The molecule has 0 N–H and O–H groups in total. The average molecular weight is 555 g/mol. The molecule has 0 aliphatic rings. The molecule has 0 bridgehead atoms. The Labute approximate surface area is 219 Å². The second kappa shape index (κ2) is 12.4. The van der Waals surface area contributed by atoms with Crippen LogP contribution in [0.1, 0.15) is 30.7 Å². The number of ether oxygens (including phenoxy) is 1. The molecule has 3 rings (SSSR count). The molecule has 0 aliphatic carbocycles. The quantitative estimate of drug-likeness (QED) is 0.288. The Morgan fingerprint density at radius 3 is 2.34 bits per heavy atom. The van der Waals surface area contributed by atoms with Gasteiger partial charge < -0.3 is 23.1 Å². The number of methoxy groups -OCH3 is 1. The molecule has 3 aromatic rings. The predicted octanol–water partition coefficient (Wildman–Crippen LogP) is 5.09. The van der Waals surface area contributed by atoms with Gasteiger partial charge in [-0.25, -0.2) is 0 Å². The first-order valence-corrected chi connectivity index (χ1v) is 13.2. The van der Waals surface area contributed by atoms with E-state index in [0.717, 1.165) is 18.2 Å². The third kappa shape index (κ3) is 7.29. The van der Waals surface area contributed by atoms with Crippen LogP contribution in [0.4, 0.5) is 18.9 Å². The van der Waals surface area contributed by atoms with Crippen molar-refractivity contribution in [2.45, 2.75) is 38.0 Å². The van der Waals surface area contributed by atoms with Gasteiger partial charge in [0, 0.05) is 44.1 Å². The Morgan fingerprint density at radius 1 is 1.00 bits per heavy atom. The maximum absolute atomic E-state index is 13.2. The highest BCUT2D eigenvalue weighted by molar-refractivity contribution is 7.87. The van der Waals surface area contributed by atoms with Gasteiger partial charge in [-0.05, 0) is 50.2 Å². The minimum Gasteiger partial charge on any atom is -0.467 e. The fraction of sp³-hybridized carbons (Fsp3) is 0.346. The van der Waals surface area contributed by atoms with Crippen LogP contribution in [0.3, 0.4) is 0 Å². The monoisotopic (exact) mass is 554 g/mol. The van der Waals surface area contributed by atoms with E-state index in [2.05, 4.69) is 0 Å². The van der Waals surface area contributed by atoms with Crippen molar-refractivity contribution in [3.8, 4) is 5.75 Å².